The summed E-state index contributed by atoms with van der Waals surface area (Å²) in [4.78, 5) is 32.8. The summed E-state index contributed by atoms with van der Waals surface area (Å²) in [7, 11) is 0. The lowest BCUT2D eigenvalue weighted by atomic mass is 9.96. The van der Waals surface area contributed by atoms with Crippen molar-refractivity contribution in [2.24, 2.45) is 0 Å². The number of aliphatic carboxylic acids is 3. The summed E-state index contributed by atoms with van der Waals surface area (Å²) in [5.74, 6) is -2.45. The van der Waals surface area contributed by atoms with Gasteiger partial charge in [-0.15, -0.1) is 0 Å². The maximum absolute atomic E-state index is 10.3. The van der Waals surface area contributed by atoms with Gasteiger partial charge in [0.05, 0.1) is 25.6 Å². The summed E-state index contributed by atoms with van der Waals surface area (Å²) < 4.78 is 16.9. The zero-order chi connectivity index (χ0) is 30.2. The van der Waals surface area contributed by atoms with Crippen molar-refractivity contribution in [3.63, 3.8) is 0 Å². The van der Waals surface area contributed by atoms with Gasteiger partial charge in [-0.05, 0) is 68.0 Å². The number of hydrogen-bond donors (Lipinski definition) is 5. The number of hydrogen-bond acceptors (Lipinski definition) is 9. The molecule has 0 spiro atoms. The lowest BCUT2D eigenvalue weighted by Gasteiger charge is -2.25. The third kappa shape index (κ3) is 9.07. The van der Waals surface area contributed by atoms with Crippen LogP contribution in [0, 0.1) is 0 Å². The van der Waals surface area contributed by atoms with Gasteiger partial charge in [-0.3, -0.25) is 14.5 Å². The number of aliphatic hydroxyl groups excluding tert-OH is 1. The number of rotatable bonds is 13. The van der Waals surface area contributed by atoms with Gasteiger partial charge >= 0.3 is 17.9 Å². The number of benzene rings is 2. The molecule has 0 aromatic heterocycles. The first-order valence-electron chi connectivity index (χ1n) is 13.4. The second-order valence-electron chi connectivity index (χ2n) is 10.2. The van der Waals surface area contributed by atoms with E-state index in [1.54, 1.807) is 0 Å². The third-order valence-electron chi connectivity index (χ3n) is 6.62. The van der Waals surface area contributed by atoms with Crippen LogP contribution in [0.5, 0.6) is 17.2 Å². The summed E-state index contributed by atoms with van der Waals surface area (Å²) >= 11 is 0. The largest absolute Gasteiger partial charge is 0.494 e. The van der Waals surface area contributed by atoms with E-state index in [1.165, 1.54) is 23.1 Å². The molecule has 1 aliphatic carbocycles. The molecule has 4 rings (SSSR count). The Morgan fingerprint density at radius 3 is 2.20 bits per heavy atom. The molecule has 41 heavy (non-hydrogen) atoms. The van der Waals surface area contributed by atoms with Gasteiger partial charge in [-0.2, -0.15) is 0 Å². The van der Waals surface area contributed by atoms with E-state index in [9.17, 15) is 19.5 Å². The van der Waals surface area contributed by atoms with E-state index >= 15 is 0 Å². The fraction of sp³-hybridized carbons (Fsp3) is 0.483. The molecule has 0 saturated carbocycles. The number of aryl methyl sites for hydroxylation is 2. The third-order valence-corrected chi connectivity index (χ3v) is 6.62. The molecule has 5 N–H and O–H groups in total. The molecule has 1 heterocycles. The van der Waals surface area contributed by atoms with Gasteiger partial charge < -0.3 is 39.7 Å². The zero-order valence-electron chi connectivity index (χ0n) is 23.2. The molecule has 0 saturated heterocycles. The normalized spacial score (nSPS) is 14.2. The van der Waals surface area contributed by atoms with Crippen molar-refractivity contribution in [1.29, 1.82) is 0 Å². The maximum Gasteiger partial charge on any atom is 0.336 e. The van der Waals surface area contributed by atoms with Crippen LogP contribution in [0.2, 0.25) is 0 Å². The van der Waals surface area contributed by atoms with Crippen LogP contribution >= 0.6 is 0 Å². The van der Waals surface area contributed by atoms with Crippen LogP contribution in [-0.2, 0) is 40.3 Å². The second-order valence-corrected chi connectivity index (χ2v) is 10.2. The Bertz CT molecular complexity index is 1230. The molecule has 12 heteroatoms. The Morgan fingerprint density at radius 2 is 1.61 bits per heavy atom. The van der Waals surface area contributed by atoms with Crippen molar-refractivity contribution in [1.82, 2.24) is 4.90 Å². The van der Waals surface area contributed by atoms with Gasteiger partial charge in [-0.1, -0.05) is 12.1 Å². The molecule has 0 amide bonds. The van der Waals surface area contributed by atoms with E-state index < -0.39 is 42.5 Å². The number of carbonyl (C=O) groups is 3. The number of carboxylic acid groups (broad SMARTS) is 3. The van der Waals surface area contributed by atoms with Crippen molar-refractivity contribution in [3.05, 3.63) is 52.6 Å². The molecule has 1 atom stereocenters. The van der Waals surface area contributed by atoms with Crippen molar-refractivity contribution < 1.29 is 54.1 Å². The SMILES string of the molecule is CCOc1cc2c(cc1CN(Cc1ccc3c(c1)OCO3)CC(C)O)CCC2.O=C(O)CC(O)(CC(=O)O)C(=O)O. The van der Waals surface area contributed by atoms with Gasteiger partial charge in [0.25, 0.3) is 0 Å². The predicted octanol–water partition coefficient (Wildman–Crippen LogP) is 2.44. The van der Waals surface area contributed by atoms with Gasteiger partial charge in [0.1, 0.15) is 5.75 Å². The first kappa shape index (κ1) is 31.7. The summed E-state index contributed by atoms with van der Waals surface area (Å²) in [6.45, 7) is 6.85. The van der Waals surface area contributed by atoms with Crippen molar-refractivity contribution in [3.8, 4) is 17.2 Å². The molecule has 12 nitrogen and oxygen atoms in total. The highest BCUT2D eigenvalue weighted by Crippen LogP contribution is 2.34. The number of ether oxygens (including phenoxy) is 3. The molecular formula is C29H37NO11. The van der Waals surface area contributed by atoms with Crippen molar-refractivity contribution in [2.75, 3.05) is 19.9 Å². The van der Waals surface area contributed by atoms with Crippen LogP contribution in [0.1, 0.15) is 55.4 Å². The standard InChI is InChI=1S/C23H29NO4.C6H8O7/c1-3-26-22-11-19-6-4-5-18(19)10-20(22)14-24(12-16(2)25)13-17-7-8-21-23(9-17)28-15-27-21;7-3(8)1-6(13,5(11)12)2-4(9)10/h7-11,16,25H,3-6,12-15H2,1-2H3;13H,1-2H2,(H,7,8)(H,9,10)(H,11,12). The number of carboxylic acids is 3. The summed E-state index contributed by atoms with van der Waals surface area (Å²) in [6, 6.07) is 10.6. The predicted molar refractivity (Wildman–Crippen MR) is 145 cm³/mol. The van der Waals surface area contributed by atoms with E-state index in [2.05, 4.69) is 23.1 Å². The monoisotopic (exact) mass is 575 g/mol. The van der Waals surface area contributed by atoms with Crippen molar-refractivity contribution in [2.45, 2.75) is 70.7 Å². The highest BCUT2D eigenvalue weighted by molar-refractivity contribution is 5.88. The number of fused-ring (bicyclic) bond motifs is 2. The smallest absolute Gasteiger partial charge is 0.336 e. The van der Waals surface area contributed by atoms with E-state index in [4.69, 9.17) is 34.6 Å². The zero-order valence-corrected chi connectivity index (χ0v) is 23.2. The Balaban J connectivity index is 0.000000302. The highest BCUT2D eigenvalue weighted by atomic mass is 16.7. The quantitative estimate of drug-likeness (QED) is 0.235. The molecule has 0 bridgehead atoms. The summed E-state index contributed by atoms with van der Waals surface area (Å²) in [6.07, 6.45) is 0.818. The van der Waals surface area contributed by atoms with E-state index in [0.717, 1.165) is 48.7 Å². The first-order valence-corrected chi connectivity index (χ1v) is 13.4. The van der Waals surface area contributed by atoms with E-state index in [-0.39, 0.29) is 6.79 Å². The number of nitrogens with zero attached hydrogens (tertiary/aromatic N) is 1. The Morgan fingerprint density at radius 1 is 0.976 bits per heavy atom. The maximum atomic E-state index is 10.3. The molecular weight excluding hydrogens is 538 g/mol. The fourth-order valence-electron chi connectivity index (χ4n) is 4.88. The Labute approximate surface area is 237 Å². The van der Waals surface area contributed by atoms with Crippen LogP contribution in [0.4, 0.5) is 0 Å². The van der Waals surface area contributed by atoms with Crippen LogP contribution in [0.3, 0.4) is 0 Å². The Kier molecular flexibility index (Phi) is 10.9. The molecule has 0 radical (unpaired) electrons. The van der Waals surface area contributed by atoms with Crippen LogP contribution in [-0.4, -0.2) is 80.0 Å². The molecule has 1 unspecified atom stereocenters. The minimum Gasteiger partial charge on any atom is -0.494 e. The summed E-state index contributed by atoms with van der Waals surface area (Å²) in [5.41, 5.74) is 2.47. The van der Waals surface area contributed by atoms with Gasteiger partial charge in [-0.25, -0.2) is 4.79 Å². The first-order chi connectivity index (χ1) is 19.4. The Hall–Kier alpha value is -3.87. The van der Waals surface area contributed by atoms with Gasteiger partial charge in [0.2, 0.25) is 6.79 Å². The molecule has 2 aliphatic rings. The number of aliphatic hydroxyl groups is 2. The molecule has 1 aliphatic heterocycles. The molecule has 2 aromatic rings. The van der Waals surface area contributed by atoms with Crippen LogP contribution in [0.15, 0.2) is 30.3 Å². The van der Waals surface area contributed by atoms with E-state index in [0.29, 0.717) is 13.2 Å². The lowest BCUT2D eigenvalue weighted by molar-refractivity contribution is -0.170. The van der Waals surface area contributed by atoms with Gasteiger partial charge in [0.15, 0.2) is 17.1 Å². The topological polar surface area (TPSA) is 183 Å². The average Bonchev–Trinajstić information content (AvgIpc) is 3.52. The van der Waals surface area contributed by atoms with Gasteiger partial charge in [0, 0.05) is 25.2 Å². The average molecular weight is 576 g/mol. The van der Waals surface area contributed by atoms with Crippen LogP contribution in [0.25, 0.3) is 0 Å². The highest BCUT2D eigenvalue weighted by Gasteiger charge is 2.40. The molecule has 2 aromatic carbocycles. The molecule has 224 valence electrons. The lowest BCUT2D eigenvalue weighted by Crippen LogP contribution is -2.42. The van der Waals surface area contributed by atoms with Crippen molar-refractivity contribution >= 4 is 17.9 Å². The van der Waals surface area contributed by atoms with E-state index in [1.807, 2.05) is 26.0 Å². The second kappa shape index (κ2) is 14.2. The summed E-state index contributed by atoms with van der Waals surface area (Å²) in [5, 5.41) is 43.9. The fourth-order valence-corrected chi connectivity index (χ4v) is 4.88. The van der Waals surface area contributed by atoms with Crippen LogP contribution < -0.4 is 14.2 Å². The minimum atomic E-state index is -2.74. The molecule has 0 fully saturated rings. The minimum absolute atomic E-state index is 0.281.